The minimum absolute atomic E-state index is 0.0799. The summed E-state index contributed by atoms with van der Waals surface area (Å²) in [6, 6.07) is -0.649. The van der Waals surface area contributed by atoms with Crippen LogP contribution in [0.4, 0.5) is 0 Å². The third-order valence-electron chi connectivity index (χ3n) is 13.1. The number of amides is 1. The van der Waals surface area contributed by atoms with Crippen LogP contribution >= 0.6 is 0 Å². The number of carbonyl (C=O) groups excluding carboxylic acids is 1. The van der Waals surface area contributed by atoms with Gasteiger partial charge in [-0.1, -0.05) is 291 Å². The van der Waals surface area contributed by atoms with Crippen LogP contribution in [0.5, 0.6) is 0 Å². The predicted octanol–water partition coefficient (Wildman–Crippen LogP) is 19.7. The Morgan fingerprint density at radius 2 is 0.662 bits per heavy atom. The highest BCUT2D eigenvalue weighted by molar-refractivity contribution is 5.76. The Bertz CT molecular complexity index is 1250. The summed E-state index contributed by atoms with van der Waals surface area (Å²) in [5, 5.41) is 23.2. The van der Waals surface area contributed by atoms with Crippen LogP contribution in [-0.4, -0.2) is 34.9 Å². The van der Waals surface area contributed by atoms with Crippen molar-refractivity contribution in [3.8, 4) is 0 Å². The molecular weight excluding hydrogens is 831 g/mol. The van der Waals surface area contributed by atoms with Gasteiger partial charge < -0.3 is 15.5 Å². The van der Waals surface area contributed by atoms with Gasteiger partial charge in [-0.25, -0.2) is 0 Å². The molecule has 68 heavy (non-hydrogen) atoms. The molecular formula is C64H113NO3. The van der Waals surface area contributed by atoms with Crippen LogP contribution in [0.2, 0.25) is 0 Å². The molecule has 3 N–H and O–H groups in total. The number of aliphatic hydroxyl groups excluding tert-OH is 2. The second-order valence-corrected chi connectivity index (χ2v) is 19.7. The molecule has 0 aromatic heterocycles. The van der Waals surface area contributed by atoms with E-state index >= 15 is 0 Å². The van der Waals surface area contributed by atoms with Gasteiger partial charge in [0.05, 0.1) is 18.8 Å². The average molecular weight is 945 g/mol. The third kappa shape index (κ3) is 54.3. The Morgan fingerprint density at radius 3 is 1.03 bits per heavy atom. The zero-order chi connectivity index (χ0) is 49.2. The Hall–Kier alpha value is -2.69. The molecule has 0 fully saturated rings. The SMILES string of the molecule is CC/C=C\C/C=C\C/C=C\C/C=C\C/C=C\C/C=C\CCCCCCCCCCCCC(=O)NC(CO)C(O)/C=C/CC/C=C/CCCCCCCCCCCCCCCCCCCCCCC. The first-order valence-electron chi connectivity index (χ1n) is 29.5. The first-order chi connectivity index (χ1) is 33.7. The standard InChI is InChI=1S/C64H113NO3/c1-3-5-7-9-11-13-15-17-19-21-23-25-27-29-31-32-34-36-38-40-42-44-46-48-50-52-54-56-58-60-64(68)65-62(61-66)63(67)59-57-55-53-51-49-47-45-43-41-39-37-35-33-30-28-26-24-22-20-18-16-14-12-10-8-6-4-2/h5,7,11,13,17,19,23,25,29,31,34,36,49,51,57,59,62-63,66-67H,3-4,6,8-10,12,14-16,18,20-22,24,26-28,30,32-33,35,37-48,50,52-56,58,60-61H2,1-2H3,(H,65,68)/b7-5-,13-11-,19-17-,25-23-,31-29-,36-34-,51-49+,59-57+. The topological polar surface area (TPSA) is 69.6 Å². The van der Waals surface area contributed by atoms with Gasteiger partial charge in [-0.05, 0) is 83.5 Å². The van der Waals surface area contributed by atoms with Gasteiger partial charge in [0.1, 0.15) is 0 Å². The summed E-state index contributed by atoms with van der Waals surface area (Å²) in [6.07, 6.45) is 87.2. The maximum atomic E-state index is 12.5. The molecule has 0 rings (SSSR count). The lowest BCUT2D eigenvalue weighted by atomic mass is 10.0. The van der Waals surface area contributed by atoms with Gasteiger partial charge in [0, 0.05) is 6.42 Å². The zero-order valence-corrected chi connectivity index (χ0v) is 45.1. The van der Waals surface area contributed by atoms with E-state index in [1.807, 2.05) is 6.08 Å². The van der Waals surface area contributed by atoms with Crippen molar-refractivity contribution in [3.05, 3.63) is 97.2 Å². The third-order valence-corrected chi connectivity index (χ3v) is 13.1. The van der Waals surface area contributed by atoms with E-state index in [0.717, 1.165) is 70.6 Å². The van der Waals surface area contributed by atoms with E-state index in [0.29, 0.717) is 6.42 Å². The van der Waals surface area contributed by atoms with E-state index in [4.69, 9.17) is 0 Å². The number of allylic oxidation sites excluding steroid dienone is 15. The fourth-order valence-corrected chi connectivity index (χ4v) is 8.61. The summed E-state index contributed by atoms with van der Waals surface area (Å²) in [4.78, 5) is 12.5. The molecule has 1 amide bonds. The van der Waals surface area contributed by atoms with Crippen molar-refractivity contribution < 1.29 is 15.0 Å². The number of hydrogen-bond acceptors (Lipinski definition) is 3. The van der Waals surface area contributed by atoms with Gasteiger partial charge in [-0.2, -0.15) is 0 Å². The summed E-state index contributed by atoms with van der Waals surface area (Å²) in [6.45, 7) is 4.20. The maximum absolute atomic E-state index is 12.5. The molecule has 0 aliphatic carbocycles. The van der Waals surface area contributed by atoms with Gasteiger partial charge in [-0.15, -0.1) is 0 Å². The molecule has 0 heterocycles. The van der Waals surface area contributed by atoms with E-state index < -0.39 is 12.1 Å². The Balaban J connectivity index is 3.57. The van der Waals surface area contributed by atoms with Crippen molar-refractivity contribution >= 4 is 5.91 Å². The highest BCUT2D eigenvalue weighted by Crippen LogP contribution is 2.16. The highest BCUT2D eigenvalue weighted by atomic mass is 16.3. The second-order valence-electron chi connectivity index (χ2n) is 19.7. The maximum Gasteiger partial charge on any atom is 0.220 e. The van der Waals surface area contributed by atoms with E-state index in [1.165, 1.54) is 193 Å². The van der Waals surface area contributed by atoms with Gasteiger partial charge in [0.2, 0.25) is 5.91 Å². The number of carbonyl (C=O) groups is 1. The number of nitrogens with one attached hydrogen (secondary N) is 1. The molecule has 4 nitrogen and oxygen atoms in total. The first-order valence-corrected chi connectivity index (χ1v) is 29.5. The summed E-state index contributed by atoms with van der Waals surface area (Å²) >= 11 is 0. The molecule has 0 bridgehead atoms. The Kier molecular flexibility index (Phi) is 56.3. The normalized spacial score (nSPS) is 13.5. The lowest BCUT2D eigenvalue weighted by Gasteiger charge is -2.19. The molecule has 0 aliphatic heterocycles. The summed E-state index contributed by atoms with van der Waals surface area (Å²) < 4.78 is 0. The summed E-state index contributed by atoms with van der Waals surface area (Å²) in [7, 11) is 0. The minimum Gasteiger partial charge on any atom is -0.394 e. The van der Waals surface area contributed by atoms with Crippen LogP contribution in [0.15, 0.2) is 97.2 Å². The van der Waals surface area contributed by atoms with Crippen LogP contribution in [0.3, 0.4) is 0 Å². The van der Waals surface area contributed by atoms with Crippen LogP contribution in [0, 0.1) is 0 Å². The summed E-state index contributed by atoms with van der Waals surface area (Å²) in [5.41, 5.74) is 0. The fourth-order valence-electron chi connectivity index (χ4n) is 8.61. The number of rotatable bonds is 53. The van der Waals surface area contributed by atoms with Crippen molar-refractivity contribution in [3.63, 3.8) is 0 Å². The molecule has 0 radical (unpaired) electrons. The molecule has 0 spiro atoms. The van der Waals surface area contributed by atoms with Crippen molar-refractivity contribution in [2.24, 2.45) is 0 Å². The number of unbranched alkanes of at least 4 members (excludes halogenated alkanes) is 32. The van der Waals surface area contributed by atoms with Gasteiger partial charge in [0.15, 0.2) is 0 Å². The zero-order valence-electron chi connectivity index (χ0n) is 45.1. The van der Waals surface area contributed by atoms with Crippen molar-refractivity contribution in [1.29, 1.82) is 0 Å². The van der Waals surface area contributed by atoms with Gasteiger partial charge in [-0.3, -0.25) is 4.79 Å². The van der Waals surface area contributed by atoms with Crippen LogP contribution in [0.1, 0.15) is 284 Å². The number of hydrogen-bond donors (Lipinski definition) is 3. The lowest BCUT2D eigenvalue weighted by molar-refractivity contribution is -0.123. The van der Waals surface area contributed by atoms with E-state index in [1.54, 1.807) is 6.08 Å². The van der Waals surface area contributed by atoms with Crippen LogP contribution < -0.4 is 5.32 Å². The molecule has 2 atom stereocenters. The molecule has 2 unspecified atom stereocenters. The van der Waals surface area contributed by atoms with Crippen molar-refractivity contribution in [2.45, 2.75) is 296 Å². The van der Waals surface area contributed by atoms with E-state index in [-0.39, 0.29) is 12.5 Å². The molecule has 0 saturated heterocycles. The van der Waals surface area contributed by atoms with Gasteiger partial charge >= 0.3 is 0 Å². The number of aliphatic hydroxyl groups is 2. The highest BCUT2D eigenvalue weighted by Gasteiger charge is 2.18. The Morgan fingerprint density at radius 1 is 0.368 bits per heavy atom. The van der Waals surface area contributed by atoms with E-state index in [9.17, 15) is 15.0 Å². The first kappa shape index (κ1) is 65.3. The fraction of sp³-hybridized carbons (Fsp3) is 0.734. The lowest BCUT2D eigenvalue weighted by Crippen LogP contribution is -2.45. The van der Waals surface area contributed by atoms with Gasteiger partial charge in [0.25, 0.3) is 0 Å². The monoisotopic (exact) mass is 944 g/mol. The molecule has 0 saturated carbocycles. The largest absolute Gasteiger partial charge is 0.394 e. The Labute approximate surface area is 424 Å². The minimum atomic E-state index is -0.871. The molecule has 0 aliphatic rings. The molecule has 392 valence electrons. The van der Waals surface area contributed by atoms with Crippen molar-refractivity contribution in [2.75, 3.05) is 6.61 Å². The average Bonchev–Trinajstić information content (AvgIpc) is 3.34. The molecule has 0 aromatic rings. The van der Waals surface area contributed by atoms with Crippen molar-refractivity contribution in [1.82, 2.24) is 5.32 Å². The smallest absolute Gasteiger partial charge is 0.220 e. The summed E-state index contributed by atoms with van der Waals surface area (Å²) in [5.74, 6) is -0.0799. The predicted molar refractivity (Wildman–Crippen MR) is 303 cm³/mol. The van der Waals surface area contributed by atoms with E-state index in [2.05, 4.69) is 104 Å². The molecule has 0 aromatic carbocycles. The van der Waals surface area contributed by atoms with Crippen LogP contribution in [0.25, 0.3) is 0 Å². The second kappa shape index (κ2) is 58.6. The van der Waals surface area contributed by atoms with Crippen LogP contribution in [-0.2, 0) is 4.79 Å². The quantitative estimate of drug-likeness (QED) is 0.0420. The molecule has 4 heteroatoms.